The second-order valence-electron chi connectivity index (χ2n) is 17.2. The van der Waals surface area contributed by atoms with Crippen molar-refractivity contribution in [3.63, 3.8) is 0 Å². The van der Waals surface area contributed by atoms with Crippen LogP contribution >= 0.6 is 0 Å². The van der Waals surface area contributed by atoms with Crippen LogP contribution < -0.4 is 20.4 Å². The molecule has 1 saturated heterocycles. The Labute approximate surface area is 509 Å². The third-order valence-corrected chi connectivity index (χ3v) is 12.7. The number of nitrogens with one attached hydrogen (secondary N) is 1. The second kappa shape index (κ2) is 34.3. The summed E-state index contributed by atoms with van der Waals surface area (Å²) in [4.78, 5) is 31.3. The van der Waals surface area contributed by atoms with Crippen LogP contribution in [0.25, 0.3) is 0 Å². The zero-order chi connectivity index (χ0) is 59.3. The Morgan fingerprint density at radius 2 is 1.18 bits per heavy atom. The number of hydrogen-bond donors (Lipinski definition) is 2. The van der Waals surface area contributed by atoms with Crippen molar-refractivity contribution >= 4 is 23.0 Å². The number of anilines is 3. The summed E-state index contributed by atoms with van der Waals surface area (Å²) < 4.78 is 5.54. The average Bonchev–Trinajstić information content (AvgIpc) is 1.43. The first-order valence-corrected chi connectivity index (χ1v) is 25.2. The first-order chi connectivity index (χ1) is 41.4. The number of nitrogens with zero attached hydrogens (tertiary/aromatic N) is 15. The number of benzene rings is 2. The Kier molecular flexibility index (Phi) is 24.8. The topological polar surface area (TPSA) is 247 Å². The quantitative estimate of drug-likeness (QED) is 0.0987. The molecule has 3 N–H and O–H groups in total. The standard InChI is InChI=1S/C33H36N8O.C32H6.HN9O.14H2/c1-42-24-15-23(16-24)40-12-13-41(27-7-6-21(18-34)14-28(27)40)32-30-26(19-37-32)38-29(20-36-30)39-10-8-33(9-11-39)17-22-4-2-3-5-25(22)31(33)35;1-3-5-7-9-11-13-15-17-19-21-23-25-27-29-31-32-30-28-26-24-22-20-18-16-14-12-10-8-6-4-2;1-2-3-4-5-6-7-8-9-10;;;;;;;;;;;;;;/h2-7,14,20,23-24,31H,8-13,15-17,19,35H2,1H3;1-2H3;1H;14*1H/b;;2-1?,4-3+,6-5+,8-7+;;;;;;;;;;;;;;. The molecule has 5 aliphatic rings. The number of piperidine rings is 1. The first-order valence-electron chi connectivity index (χ1n) is 25.2. The van der Waals surface area contributed by atoms with Crippen molar-refractivity contribution in [2.45, 2.75) is 70.7 Å². The Morgan fingerprint density at radius 3 is 1.67 bits per heavy atom. The molecule has 2 fully saturated rings. The van der Waals surface area contributed by atoms with Gasteiger partial charge in [0.2, 0.25) is 0 Å². The van der Waals surface area contributed by atoms with Gasteiger partial charge in [0.1, 0.15) is 16.8 Å². The number of hydrogen-bond acceptors (Lipinski definition) is 11. The monoisotopic (exact) mass is 1120 g/mol. The van der Waals surface area contributed by atoms with Gasteiger partial charge in [0, 0.05) is 152 Å². The molecule has 1 unspecified atom stereocenters. The van der Waals surface area contributed by atoms with E-state index >= 15 is 0 Å². The van der Waals surface area contributed by atoms with Gasteiger partial charge in [-0.25, -0.2) is 9.97 Å². The Bertz CT molecular complexity index is 4150. The highest BCUT2D eigenvalue weighted by Gasteiger charge is 2.46. The predicted octanol–water partition coefficient (Wildman–Crippen LogP) is 10.3. The van der Waals surface area contributed by atoms with Gasteiger partial charge in [0.05, 0.1) is 47.5 Å². The molecule has 3 aromatic rings. The molecular formula is C65H71N17O2. The molecule has 4 heterocycles. The van der Waals surface area contributed by atoms with Crippen LogP contribution in [-0.2, 0) is 17.7 Å². The lowest BCUT2D eigenvalue weighted by Gasteiger charge is -2.48. The molecule has 2 aromatic carbocycles. The normalized spacial score (nSPS) is 15.6. The summed E-state index contributed by atoms with van der Waals surface area (Å²) in [6.07, 6.45) is 7.47. The summed E-state index contributed by atoms with van der Waals surface area (Å²) >= 11 is 0. The summed E-state index contributed by atoms with van der Waals surface area (Å²) in [5, 5.41) is 30.4. The molecule has 1 aromatic heterocycles. The number of ether oxygens (including phenoxy) is 1. The maximum absolute atomic E-state index is 9.62. The number of nitrogens with two attached hydrogens (primary N) is 1. The van der Waals surface area contributed by atoms with Crippen molar-refractivity contribution in [2.24, 2.45) is 58.0 Å². The van der Waals surface area contributed by atoms with Crippen molar-refractivity contribution in [1.29, 1.82) is 10.8 Å². The lowest BCUT2D eigenvalue weighted by Crippen LogP contribution is -2.54. The first kappa shape index (κ1) is 60.6. The number of aliphatic imine (C=N–C) groups is 1. The number of nitriles is 1. The van der Waals surface area contributed by atoms with E-state index in [4.69, 9.17) is 31.0 Å². The summed E-state index contributed by atoms with van der Waals surface area (Å²) in [6, 6.07) is 17.5. The molecule has 19 heteroatoms. The van der Waals surface area contributed by atoms with Crippen LogP contribution in [-0.4, -0.2) is 61.2 Å². The van der Waals surface area contributed by atoms with Crippen molar-refractivity contribution < 1.29 is 24.7 Å². The molecule has 1 spiro atoms. The molecule has 1 atom stereocenters. The van der Waals surface area contributed by atoms with Crippen LogP contribution in [0.2, 0.25) is 0 Å². The summed E-state index contributed by atoms with van der Waals surface area (Å²) in [5.41, 5.74) is 20.4. The fourth-order valence-corrected chi connectivity index (χ4v) is 8.92. The highest BCUT2D eigenvalue weighted by atomic mass is 16.5. The van der Waals surface area contributed by atoms with E-state index in [9.17, 15) is 10.2 Å². The smallest absolute Gasteiger partial charge is 0.156 e. The zero-order valence-electron chi connectivity index (χ0n) is 45.5. The van der Waals surface area contributed by atoms with Gasteiger partial charge in [-0.1, -0.05) is 36.1 Å². The fraction of sp³-hybridized carbons (Fsp3) is 0.262. The summed E-state index contributed by atoms with van der Waals surface area (Å²) in [6.45, 7) is 7.47. The van der Waals surface area contributed by atoms with E-state index < -0.39 is 0 Å². The van der Waals surface area contributed by atoms with E-state index in [1.54, 1.807) is 21.0 Å². The van der Waals surface area contributed by atoms with E-state index in [-0.39, 0.29) is 31.4 Å². The van der Waals surface area contributed by atoms with Crippen LogP contribution in [0.1, 0.15) is 93.6 Å². The number of rotatable bonds is 7. The number of aromatic nitrogens is 2. The molecule has 0 amide bonds. The van der Waals surface area contributed by atoms with E-state index in [0.29, 0.717) is 24.3 Å². The van der Waals surface area contributed by atoms with E-state index in [1.165, 1.54) is 11.1 Å². The minimum absolute atomic E-state index is 0. The summed E-state index contributed by atoms with van der Waals surface area (Å²) in [7, 11) is 1.79. The Balaban J connectivity index is -0.000000184. The zero-order valence-corrected chi connectivity index (χ0v) is 45.5. The maximum Gasteiger partial charge on any atom is 0.156 e. The van der Waals surface area contributed by atoms with Crippen LogP contribution in [0.3, 0.4) is 0 Å². The highest BCUT2D eigenvalue weighted by molar-refractivity contribution is 6.12. The SMILES string of the molecule is CC#CC#CC#CC#CC#CC#CC#CC#CC#CC#CC#CC#CC#CC#CC#CC.COC1CC(N2CCN(C3=NCc4nc(N5CCC6(CC5)Cc5ccccc5C6N)cnc43)c3ccc(C#N)cc32)C1.N=N/N=N/N=N/N=N/N=O.[HH].[HH].[HH].[HH].[HH].[HH].[HH].[HH].[HH].[HH].[HH].[HH].[HH].[HH]. The van der Waals surface area contributed by atoms with Gasteiger partial charge in [-0.05, 0) is 196 Å². The van der Waals surface area contributed by atoms with E-state index in [2.05, 4.69) is 265 Å². The molecule has 428 valence electrons. The molecule has 1 saturated carbocycles. The molecule has 2 aliphatic carbocycles. The Hall–Kier alpha value is -12.6. The highest BCUT2D eigenvalue weighted by Crippen LogP contribution is 2.51. The molecule has 3 aliphatic heterocycles. The predicted molar refractivity (Wildman–Crippen MR) is 346 cm³/mol. The second-order valence-corrected chi connectivity index (χ2v) is 17.2. The van der Waals surface area contributed by atoms with Gasteiger partial charge in [-0.15, -0.1) is 4.91 Å². The lowest BCUT2D eigenvalue weighted by molar-refractivity contribution is 0.0254. The van der Waals surface area contributed by atoms with Gasteiger partial charge in [0.25, 0.3) is 0 Å². The maximum atomic E-state index is 9.62. The molecule has 8 rings (SSSR count). The number of nitroso groups, excluding NO2 is 1. The van der Waals surface area contributed by atoms with E-state index in [0.717, 1.165) is 92.7 Å². The van der Waals surface area contributed by atoms with Crippen LogP contribution in [0.15, 0.2) is 95.5 Å². The van der Waals surface area contributed by atoms with Crippen LogP contribution in [0, 0.1) is 205 Å². The van der Waals surface area contributed by atoms with Crippen molar-refractivity contribution in [3.05, 3.63) is 81.6 Å². The van der Waals surface area contributed by atoms with Crippen molar-refractivity contribution in [1.82, 2.24) is 9.97 Å². The minimum atomic E-state index is 0. The van der Waals surface area contributed by atoms with E-state index in [1.807, 2.05) is 23.6 Å². The third-order valence-electron chi connectivity index (χ3n) is 12.7. The summed E-state index contributed by atoms with van der Waals surface area (Å²) in [5.74, 6) is 77.4. The Morgan fingerprint density at radius 1 is 0.667 bits per heavy atom. The van der Waals surface area contributed by atoms with Crippen LogP contribution in [0.4, 0.5) is 17.2 Å². The molecular weight excluding hydrogens is 1050 g/mol. The largest absolute Gasteiger partial charge is 0.381 e. The van der Waals surface area contributed by atoms with Gasteiger partial charge in [-0.2, -0.15) is 10.8 Å². The van der Waals surface area contributed by atoms with Crippen molar-refractivity contribution in [2.75, 3.05) is 48.0 Å². The average molecular weight is 1120 g/mol. The third kappa shape index (κ3) is 18.2. The number of methoxy groups -OCH3 is 1. The molecule has 19 nitrogen and oxygen atoms in total. The minimum Gasteiger partial charge on any atom is -0.381 e. The lowest BCUT2D eigenvalue weighted by atomic mass is 9.73. The van der Waals surface area contributed by atoms with Gasteiger partial charge < -0.3 is 25.2 Å². The van der Waals surface area contributed by atoms with Gasteiger partial charge in [0.15, 0.2) is 5.84 Å². The molecule has 0 radical (unpaired) electrons. The van der Waals surface area contributed by atoms with Crippen LogP contribution in [0.5, 0.6) is 0 Å². The molecule has 84 heavy (non-hydrogen) atoms. The van der Waals surface area contributed by atoms with Crippen molar-refractivity contribution in [3.8, 4) is 184 Å². The fourth-order valence-electron chi connectivity index (χ4n) is 8.92. The number of fused-ring (bicyclic) bond motifs is 3. The molecule has 0 bridgehead atoms. The van der Waals surface area contributed by atoms with Gasteiger partial charge >= 0.3 is 0 Å². The number of amidine groups is 1. The van der Waals surface area contributed by atoms with Gasteiger partial charge in [-0.3, -0.25) is 4.99 Å².